The number of hydrogen-bond donors (Lipinski definition) is 0. The molecule has 1 saturated heterocycles. The highest BCUT2D eigenvalue weighted by atomic mass is 35.5. The molecule has 6 heteroatoms. The van der Waals surface area contributed by atoms with E-state index in [1.165, 1.54) is 6.07 Å². The molecule has 0 spiro atoms. The predicted molar refractivity (Wildman–Crippen MR) is 95.4 cm³/mol. The van der Waals surface area contributed by atoms with Crippen LogP contribution in [-0.2, 0) is 0 Å². The first kappa shape index (κ1) is 17.2. The van der Waals surface area contributed by atoms with Crippen LogP contribution in [-0.4, -0.2) is 37.0 Å². The van der Waals surface area contributed by atoms with E-state index in [2.05, 4.69) is 4.90 Å². The summed E-state index contributed by atoms with van der Waals surface area (Å²) in [7, 11) is 0. The van der Waals surface area contributed by atoms with Crippen molar-refractivity contribution in [3.8, 4) is 6.07 Å². The second-order valence-corrected chi connectivity index (χ2v) is 6.43. The van der Waals surface area contributed by atoms with Gasteiger partial charge in [-0.25, -0.2) is 4.39 Å². The molecule has 1 aliphatic heterocycles. The fourth-order valence-corrected chi connectivity index (χ4v) is 3.08. The van der Waals surface area contributed by atoms with Crippen molar-refractivity contribution in [2.75, 3.05) is 31.1 Å². The topological polar surface area (TPSA) is 47.3 Å². The van der Waals surface area contributed by atoms with Crippen molar-refractivity contribution < 1.29 is 9.18 Å². The Kier molecular flexibility index (Phi) is 4.91. The molecule has 128 valence electrons. The largest absolute Gasteiger partial charge is 0.368 e. The van der Waals surface area contributed by atoms with E-state index in [0.29, 0.717) is 47.9 Å². The monoisotopic (exact) mass is 357 g/mol. The Labute approximate surface area is 151 Å². The summed E-state index contributed by atoms with van der Waals surface area (Å²) in [6, 6.07) is 11.9. The quantitative estimate of drug-likeness (QED) is 0.824. The highest BCUT2D eigenvalue weighted by Gasteiger charge is 2.23. The summed E-state index contributed by atoms with van der Waals surface area (Å²) in [5, 5.41) is 9.37. The van der Waals surface area contributed by atoms with Gasteiger partial charge in [-0.15, -0.1) is 0 Å². The Hall–Kier alpha value is -2.58. The van der Waals surface area contributed by atoms with Crippen molar-refractivity contribution in [2.45, 2.75) is 6.92 Å². The molecule has 2 aromatic carbocycles. The van der Waals surface area contributed by atoms with Crippen LogP contribution in [0.1, 0.15) is 21.5 Å². The average Bonchev–Trinajstić information content (AvgIpc) is 2.63. The van der Waals surface area contributed by atoms with Gasteiger partial charge in [0.2, 0.25) is 0 Å². The lowest BCUT2D eigenvalue weighted by Gasteiger charge is -2.36. The van der Waals surface area contributed by atoms with Crippen LogP contribution < -0.4 is 4.90 Å². The third kappa shape index (κ3) is 3.59. The smallest absolute Gasteiger partial charge is 0.254 e. The van der Waals surface area contributed by atoms with E-state index in [1.54, 1.807) is 36.1 Å². The molecule has 0 N–H and O–H groups in total. The van der Waals surface area contributed by atoms with Crippen molar-refractivity contribution in [1.82, 2.24) is 4.90 Å². The molecule has 3 rings (SSSR count). The third-order valence-electron chi connectivity index (χ3n) is 4.42. The molecule has 1 heterocycles. The second kappa shape index (κ2) is 7.12. The van der Waals surface area contributed by atoms with Crippen LogP contribution in [0.25, 0.3) is 0 Å². The van der Waals surface area contributed by atoms with Gasteiger partial charge >= 0.3 is 0 Å². The Balaban J connectivity index is 1.67. The summed E-state index contributed by atoms with van der Waals surface area (Å²) in [6.45, 7) is 4.08. The third-order valence-corrected chi connectivity index (χ3v) is 4.74. The number of carbonyl (C=O) groups excluding carboxylic acids is 1. The van der Waals surface area contributed by atoms with Gasteiger partial charge in [-0.1, -0.05) is 17.7 Å². The number of nitrogens with zero attached hydrogens (tertiary/aromatic N) is 3. The van der Waals surface area contributed by atoms with Gasteiger partial charge in [-0.3, -0.25) is 4.79 Å². The lowest BCUT2D eigenvalue weighted by atomic mass is 10.1. The van der Waals surface area contributed by atoms with E-state index < -0.39 is 0 Å². The summed E-state index contributed by atoms with van der Waals surface area (Å²) in [4.78, 5) is 16.4. The average molecular weight is 358 g/mol. The number of rotatable bonds is 2. The van der Waals surface area contributed by atoms with Crippen LogP contribution in [0.5, 0.6) is 0 Å². The van der Waals surface area contributed by atoms with E-state index in [9.17, 15) is 9.18 Å². The van der Waals surface area contributed by atoms with Gasteiger partial charge in [0.1, 0.15) is 11.9 Å². The molecular weight excluding hydrogens is 341 g/mol. The maximum Gasteiger partial charge on any atom is 0.254 e. The molecule has 0 aliphatic carbocycles. The fraction of sp³-hybridized carbons (Fsp3) is 0.263. The Morgan fingerprint density at radius 1 is 1.16 bits per heavy atom. The van der Waals surface area contributed by atoms with E-state index in [-0.39, 0.29) is 11.7 Å². The molecular formula is C19H17ClFN3O. The van der Waals surface area contributed by atoms with Crippen molar-refractivity contribution in [1.29, 1.82) is 5.26 Å². The number of benzene rings is 2. The van der Waals surface area contributed by atoms with Crippen LogP contribution in [0.15, 0.2) is 36.4 Å². The van der Waals surface area contributed by atoms with Gasteiger partial charge in [0.25, 0.3) is 5.91 Å². The van der Waals surface area contributed by atoms with Gasteiger partial charge in [0.05, 0.1) is 10.6 Å². The number of amides is 1. The van der Waals surface area contributed by atoms with Crippen LogP contribution in [0.2, 0.25) is 5.02 Å². The molecule has 2 aromatic rings. The molecule has 25 heavy (non-hydrogen) atoms. The van der Waals surface area contributed by atoms with E-state index in [1.807, 2.05) is 12.1 Å². The Morgan fingerprint density at radius 2 is 1.88 bits per heavy atom. The van der Waals surface area contributed by atoms with Gasteiger partial charge in [0.15, 0.2) is 0 Å². The van der Waals surface area contributed by atoms with Gasteiger partial charge < -0.3 is 9.80 Å². The Morgan fingerprint density at radius 3 is 2.48 bits per heavy atom. The van der Waals surface area contributed by atoms with Crippen LogP contribution >= 0.6 is 11.6 Å². The number of anilines is 1. The van der Waals surface area contributed by atoms with Crippen molar-refractivity contribution in [2.24, 2.45) is 0 Å². The maximum absolute atomic E-state index is 13.7. The first-order valence-electron chi connectivity index (χ1n) is 7.99. The first-order valence-corrected chi connectivity index (χ1v) is 8.37. The number of piperazine rings is 1. The van der Waals surface area contributed by atoms with E-state index in [4.69, 9.17) is 16.9 Å². The molecule has 0 bridgehead atoms. The highest BCUT2D eigenvalue weighted by Crippen LogP contribution is 2.24. The van der Waals surface area contributed by atoms with E-state index >= 15 is 0 Å². The minimum atomic E-state index is -0.364. The molecule has 0 aromatic heterocycles. The summed E-state index contributed by atoms with van der Waals surface area (Å²) in [5.41, 5.74) is 2.27. The minimum absolute atomic E-state index is 0.156. The number of halogens is 2. The van der Waals surface area contributed by atoms with Crippen LogP contribution in [0, 0.1) is 24.1 Å². The molecule has 1 aliphatic rings. The summed E-state index contributed by atoms with van der Waals surface area (Å²) < 4.78 is 13.7. The Bertz CT molecular complexity index is 854. The zero-order valence-corrected chi connectivity index (χ0v) is 14.6. The lowest BCUT2D eigenvalue weighted by molar-refractivity contribution is 0.0746. The number of carbonyl (C=O) groups is 1. The standard InChI is InChI=1S/C19H17ClFN3O/c1-13-2-3-14(10-18(13)21)19(25)24-8-6-23(7-9-24)16-5-4-15(12-22)17(20)11-16/h2-5,10-11H,6-9H2,1H3. The highest BCUT2D eigenvalue weighted by molar-refractivity contribution is 6.32. The maximum atomic E-state index is 13.7. The summed E-state index contributed by atoms with van der Waals surface area (Å²) in [6.07, 6.45) is 0. The first-order chi connectivity index (χ1) is 12.0. The van der Waals surface area contributed by atoms with Gasteiger partial charge in [0, 0.05) is 37.4 Å². The molecule has 1 amide bonds. The number of aryl methyl sites for hydroxylation is 1. The molecule has 0 unspecified atom stereocenters. The minimum Gasteiger partial charge on any atom is -0.368 e. The summed E-state index contributed by atoms with van der Waals surface area (Å²) in [5.74, 6) is -0.520. The van der Waals surface area contributed by atoms with E-state index in [0.717, 1.165) is 5.69 Å². The fourth-order valence-electron chi connectivity index (χ4n) is 2.87. The van der Waals surface area contributed by atoms with Gasteiger partial charge in [-0.05, 0) is 42.8 Å². The number of hydrogen-bond acceptors (Lipinski definition) is 3. The van der Waals surface area contributed by atoms with Gasteiger partial charge in [-0.2, -0.15) is 5.26 Å². The zero-order valence-electron chi connectivity index (χ0n) is 13.8. The second-order valence-electron chi connectivity index (χ2n) is 6.02. The van der Waals surface area contributed by atoms with Crippen molar-refractivity contribution >= 4 is 23.2 Å². The molecule has 0 radical (unpaired) electrons. The molecule has 0 atom stereocenters. The molecule has 1 fully saturated rings. The van der Waals surface area contributed by atoms with Crippen molar-refractivity contribution in [3.63, 3.8) is 0 Å². The molecule has 0 saturated carbocycles. The summed E-state index contributed by atoms with van der Waals surface area (Å²) >= 11 is 6.09. The SMILES string of the molecule is Cc1ccc(C(=O)N2CCN(c3ccc(C#N)c(Cl)c3)CC2)cc1F. The van der Waals surface area contributed by atoms with Crippen LogP contribution in [0.3, 0.4) is 0 Å². The normalized spacial score (nSPS) is 14.3. The van der Waals surface area contributed by atoms with Crippen molar-refractivity contribution in [3.05, 3.63) is 63.9 Å². The predicted octanol–water partition coefficient (Wildman–Crippen LogP) is 3.62. The molecule has 4 nitrogen and oxygen atoms in total. The number of nitriles is 1. The lowest BCUT2D eigenvalue weighted by Crippen LogP contribution is -2.48. The van der Waals surface area contributed by atoms with Crippen LogP contribution in [0.4, 0.5) is 10.1 Å². The zero-order chi connectivity index (χ0) is 18.0.